The molecule has 6 nitrogen and oxygen atoms in total. The fraction of sp³-hybridized carbons (Fsp3) is 0.529. The highest BCUT2D eigenvalue weighted by Crippen LogP contribution is 2.30. The molecular weight excluding hydrogens is 290 g/mol. The van der Waals surface area contributed by atoms with Gasteiger partial charge in [-0.2, -0.15) is 10.4 Å². The molecule has 1 aliphatic rings. The Morgan fingerprint density at radius 3 is 2.74 bits per heavy atom. The fourth-order valence-corrected chi connectivity index (χ4v) is 3.24. The summed E-state index contributed by atoms with van der Waals surface area (Å²) >= 11 is 0. The molecule has 2 aromatic heterocycles. The van der Waals surface area contributed by atoms with Crippen molar-refractivity contribution in [3.63, 3.8) is 0 Å². The van der Waals surface area contributed by atoms with Gasteiger partial charge in [0.1, 0.15) is 5.54 Å². The number of pyridine rings is 1. The van der Waals surface area contributed by atoms with Crippen LogP contribution in [0.2, 0.25) is 0 Å². The van der Waals surface area contributed by atoms with E-state index >= 15 is 0 Å². The maximum atomic E-state index is 12.8. The van der Waals surface area contributed by atoms with E-state index in [4.69, 9.17) is 0 Å². The molecule has 3 rings (SSSR count). The molecule has 2 heterocycles. The molecular formula is C17H21N5O. The third kappa shape index (κ3) is 2.67. The first-order valence-corrected chi connectivity index (χ1v) is 8.04. The molecule has 0 spiro atoms. The number of carbonyl (C=O) groups excluding carboxylic acids is 1. The minimum Gasteiger partial charge on any atom is -0.334 e. The summed E-state index contributed by atoms with van der Waals surface area (Å²) in [5, 5.41) is 17.5. The van der Waals surface area contributed by atoms with E-state index < -0.39 is 5.54 Å². The number of nitriles is 1. The Kier molecular flexibility index (Phi) is 3.80. The number of carbonyl (C=O) groups is 1. The summed E-state index contributed by atoms with van der Waals surface area (Å²) in [6, 6.07) is 4.23. The zero-order valence-electron chi connectivity index (χ0n) is 13.8. The highest BCUT2D eigenvalue weighted by atomic mass is 16.1. The van der Waals surface area contributed by atoms with Gasteiger partial charge in [-0.1, -0.05) is 0 Å². The number of nitrogens with zero attached hydrogens (tertiary/aromatic N) is 4. The van der Waals surface area contributed by atoms with E-state index in [0.717, 1.165) is 23.9 Å². The third-order valence-electron chi connectivity index (χ3n) is 4.45. The van der Waals surface area contributed by atoms with Crippen LogP contribution in [0, 0.1) is 18.3 Å². The minimum absolute atomic E-state index is 0.165. The lowest BCUT2D eigenvalue weighted by Gasteiger charge is -2.22. The average Bonchev–Trinajstić information content (AvgIpc) is 3.13. The largest absolute Gasteiger partial charge is 0.334 e. The van der Waals surface area contributed by atoms with Gasteiger partial charge >= 0.3 is 0 Å². The normalized spacial score (nSPS) is 16.7. The highest BCUT2D eigenvalue weighted by molar-refractivity contribution is 6.06. The summed E-state index contributed by atoms with van der Waals surface area (Å²) in [7, 11) is 0. The van der Waals surface area contributed by atoms with Crippen molar-refractivity contribution in [2.75, 3.05) is 0 Å². The lowest BCUT2D eigenvalue weighted by molar-refractivity contribution is 0.0922. The van der Waals surface area contributed by atoms with Crippen LogP contribution < -0.4 is 5.32 Å². The van der Waals surface area contributed by atoms with Crippen LogP contribution in [0.1, 0.15) is 61.6 Å². The van der Waals surface area contributed by atoms with Gasteiger partial charge in [-0.05, 0) is 52.5 Å². The topological polar surface area (TPSA) is 83.6 Å². The van der Waals surface area contributed by atoms with Crippen LogP contribution in [0.25, 0.3) is 11.0 Å². The van der Waals surface area contributed by atoms with Gasteiger partial charge in [-0.3, -0.25) is 4.79 Å². The van der Waals surface area contributed by atoms with Crippen molar-refractivity contribution in [1.82, 2.24) is 20.1 Å². The second-order valence-electron chi connectivity index (χ2n) is 6.59. The molecule has 120 valence electrons. The number of aromatic nitrogens is 3. The van der Waals surface area contributed by atoms with E-state index in [1.165, 1.54) is 0 Å². The monoisotopic (exact) mass is 311 g/mol. The Bertz CT molecular complexity index is 793. The summed E-state index contributed by atoms with van der Waals surface area (Å²) in [6.45, 7) is 5.92. The number of rotatable bonds is 3. The summed E-state index contributed by atoms with van der Waals surface area (Å²) < 4.78 is 1.81. The van der Waals surface area contributed by atoms with Crippen LogP contribution in [-0.4, -0.2) is 26.2 Å². The van der Waals surface area contributed by atoms with Crippen molar-refractivity contribution in [1.29, 1.82) is 5.26 Å². The Morgan fingerprint density at radius 1 is 1.43 bits per heavy atom. The predicted molar refractivity (Wildman–Crippen MR) is 86.9 cm³/mol. The van der Waals surface area contributed by atoms with Gasteiger partial charge in [0.05, 0.1) is 23.2 Å². The second-order valence-corrected chi connectivity index (χ2v) is 6.59. The van der Waals surface area contributed by atoms with Crippen LogP contribution in [-0.2, 0) is 0 Å². The molecule has 0 radical (unpaired) electrons. The molecule has 1 fully saturated rings. The summed E-state index contributed by atoms with van der Waals surface area (Å²) in [6.07, 6.45) is 5.07. The molecule has 6 heteroatoms. The van der Waals surface area contributed by atoms with Crippen LogP contribution >= 0.6 is 0 Å². The quantitative estimate of drug-likeness (QED) is 0.944. The maximum absolute atomic E-state index is 12.8. The van der Waals surface area contributed by atoms with Crippen molar-refractivity contribution in [3.8, 4) is 6.07 Å². The molecule has 2 aromatic rings. The van der Waals surface area contributed by atoms with Crippen LogP contribution in [0.5, 0.6) is 0 Å². The van der Waals surface area contributed by atoms with Gasteiger partial charge < -0.3 is 5.32 Å². The van der Waals surface area contributed by atoms with Gasteiger partial charge in [0.2, 0.25) is 0 Å². The molecule has 0 aliphatic heterocycles. The molecule has 0 aromatic carbocycles. The fourth-order valence-electron chi connectivity index (χ4n) is 3.24. The number of fused-ring (bicyclic) bond motifs is 1. The first-order chi connectivity index (χ1) is 11.0. The number of nitrogens with one attached hydrogen (secondary N) is 1. The third-order valence-corrected chi connectivity index (χ3v) is 4.45. The lowest BCUT2D eigenvalue weighted by Crippen LogP contribution is -2.45. The van der Waals surface area contributed by atoms with Gasteiger partial charge in [-0.15, -0.1) is 0 Å². The van der Waals surface area contributed by atoms with E-state index in [9.17, 15) is 10.1 Å². The number of aryl methyl sites for hydroxylation is 1. The smallest absolute Gasteiger partial charge is 0.253 e. The molecule has 1 N–H and O–H groups in total. The van der Waals surface area contributed by atoms with Crippen LogP contribution in [0.15, 0.2) is 12.3 Å². The van der Waals surface area contributed by atoms with Crippen molar-refractivity contribution in [3.05, 3.63) is 23.5 Å². The first-order valence-electron chi connectivity index (χ1n) is 8.04. The summed E-state index contributed by atoms with van der Waals surface area (Å²) in [5.74, 6) is -0.216. The Morgan fingerprint density at radius 2 is 2.13 bits per heavy atom. The molecule has 0 unspecified atom stereocenters. The molecule has 1 amide bonds. The predicted octanol–water partition coefficient (Wildman–Crippen LogP) is 2.89. The van der Waals surface area contributed by atoms with Crippen LogP contribution in [0.4, 0.5) is 0 Å². The highest BCUT2D eigenvalue weighted by Gasteiger charge is 2.36. The summed E-state index contributed by atoms with van der Waals surface area (Å²) in [5.41, 5.74) is 1.29. The Labute approximate surface area is 135 Å². The van der Waals surface area contributed by atoms with Gasteiger partial charge in [0.15, 0.2) is 5.65 Å². The van der Waals surface area contributed by atoms with Gasteiger partial charge in [-0.25, -0.2) is 9.67 Å². The molecule has 1 aliphatic carbocycles. The molecule has 23 heavy (non-hydrogen) atoms. The van der Waals surface area contributed by atoms with Gasteiger partial charge in [0, 0.05) is 11.7 Å². The standard InChI is InChI=1S/C17H21N5O/c1-11(2)22-15-14(9-19-22)13(8-12(3)20-15)16(23)21-17(10-18)6-4-5-7-17/h8-9,11H,4-7H2,1-3H3,(H,21,23). The molecule has 0 saturated heterocycles. The van der Waals surface area contributed by atoms with Crippen molar-refractivity contribution in [2.24, 2.45) is 0 Å². The van der Waals surface area contributed by atoms with E-state index in [2.05, 4.69) is 21.5 Å². The Hall–Kier alpha value is -2.42. The van der Waals surface area contributed by atoms with E-state index in [1.54, 1.807) is 12.3 Å². The molecule has 0 bridgehead atoms. The number of hydrogen-bond donors (Lipinski definition) is 1. The second kappa shape index (κ2) is 5.65. The summed E-state index contributed by atoms with van der Waals surface area (Å²) in [4.78, 5) is 17.3. The zero-order chi connectivity index (χ0) is 16.6. The lowest BCUT2D eigenvalue weighted by atomic mass is 9.99. The van der Waals surface area contributed by atoms with Crippen molar-refractivity contribution in [2.45, 2.75) is 58.0 Å². The zero-order valence-corrected chi connectivity index (χ0v) is 13.8. The van der Waals surface area contributed by atoms with E-state index in [-0.39, 0.29) is 11.9 Å². The average molecular weight is 311 g/mol. The van der Waals surface area contributed by atoms with E-state index in [0.29, 0.717) is 24.1 Å². The first kappa shape index (κ1) is 15.5. The van der Waals surface area contributed by atoms with Gasteiger partial charge in [0.25, 0.3) is 5.91 Å². The number of hydrogen-bond acceptors (Lipinski definition) is 4. The molecule has 0 atom stereocenters. The van der Waals surface area contributed by atoms with Crippen LogP contribution in [0.3, 0.4) is 0 Å². The SMILES string of the molecule is Cc1cc(C(=O)NC2(C#N)CCCC2)c2cnn(C(C)C)c2n1. The minimum atomic E-state index is -0.728. The number of amides is 1. The maximum Gasteiger partial charge on any atom is 0.253 e. The van der Waals surface area contributed by atoms with Crippen molar-refractivity contribution >= 4 is 16.9 Å². The van der Waals surface area contributed by atoms with E-state index in [1.807, 2.05) is 25.5 Å². The van der Waals surface area contributed by atoms with Crippen molar-refractivity contribution < 1.29 is 4.79 Å². The Balaban J connectivity index is 2.02. The molecule has 1 saturated carbocycles.